The average molecular weight is 396 g/mol. The molecule has 146 valence electrons. The first-order valence-corrected chi connectivity index (χ1v) is 10.00. The molecule has 27 heavy (non-hydrogen) atoms. The molecule has 8 heteroatoms. The summed E-state index contributed by atoms with van der Waals surface area (Å²) in [5, 5.41) is 2.64. The first-order valence-electron chi connectivity index (χ1n) is 8.56. The predicted octanol–water partition coefficient (Wildman–Crippen LogP) is 3.49. The van der Waals surface area contributed by atoms with Gasteiger partial charge in [0.1, 0.15) is 11.6 Å². The van der Waals surface area contributed by atoms with Crippen molar-refractivity contribution in [3.8, 4) is 0 Å². The van der Waals surface area contributed by atoms with Crippen molar-refractivity contribution in [2.75, 3.05) is 13.1 Å². The molecule has 0 saturated heterocycles. The second kappa shape index (κ2) is 8.58. The SMILES string of the molecule is CCN(CC)S(=O)(=O)c1ccc([C@@H](C)NC(=O)c2cc(F)cc(F)c2)cc1. The lowest BCUT2D eigenvalue weighted by molar-refractivity contribution is 0.0939. The van der Waals surface area contributed by atoms with Gasteiger partial charge in [-0.05, 0) is 36.8 Å². The van der Waals surface area contributed by atoms with Crippen molar-refractivity contribution in [1.82, 2.24) is 9.62 Å². The Balaban J connectivity index is 2.16. The maximum atomic E-state index is 13.2. The van der Waals surface area contributed by atoms with Crippen LogP contribution in [0.25, 0.3) is 0 Å². The average Bonchev–Trinajstić information content (AvgIpc) is 2.61. The molecule has 2 aromatic rings. The highest BCUT2D eigenvalue weighted by atomic mass is 32.2. The number of halogens is 2. The minimum absolute atomic E-state index is 0.125. The molecule has 0 bridgehead atoms. The van der Waals surface area contributed by atoms with E-state index in [0.29, 0.717) is 24.7 Å². The largest absolute Gasteiger partial charge is 0.346 e. The Labute approximate surface area is 158 Å². The lowest BCUT2D eigenvalue weighted by Gasteiger charge is -2.19. The standard InChI is InChI=1S/C19H22F2N2O3S/c1-4-23(5-2)27(25,26)18-8-6-14(7-9-18)13(3)22-19(24)15-10-16(20)12-17(21)11-15/h6-13H,4-5H2,1-3H3,(H,22,24)/t13-/m1/s1. The van der Waals surface area contributed by atoms with Crippen LogP contribution in [-0.2, 0) is 10.0 Å². The van der Waals surface area contributed by atoms with Gasteiger partial charge in [0.25, 0.3) is 5.91 Å². The zero-order valence-electron chi connectivity index (χ0n) is 15.4. The fourth-order valence-electron chi connectivity index (χ4n) is 2.69. The Morgan fingerprint density at radius 1 is 1.04 bits per heavy atom. The van der Waals surface area contributed by atoms with Gasteiger partial charge in [0.15, 0.2) is 0 Å². The van der Waals surface area contributed by atoms with Gasteiger partial charge in [-0.2, -0.15) is 4.31 Å². The molecule has 0 saturated carbocycles. The molecule has 0 fully saturated rings. The molecule has 0 aliphatic rings. The molecular weight excluding hydrogens is 374 g/mol. The van der Waals surface area contributed by atoms with Crippen molar-refractivity contribution < 1.29 is 22.0 Å². The van der Waals surface area contributed by atoms with E-state index in [-0.39, 0.29) is 10.5 Å². The molecule has 0 aliphatic heterocycles. The summed E-state index contributed by atoms with van der Waals surface area (Å²) in [7, 11) is -3.56. The van der Waals surface area contributed by atoms with E-state index >= 15 is 0 Å². The minimum Gasteiger partial charge on any atom is -0.346 e. The van der Waals surface area contributed by atoms with E-state index in [1.54, 1.807) is 32.9 Å². The van der Waals surface area contributed by atoms with E-state index in [2.05, 4.69) is 5.32 Å². The monoisotopic (exact) mass is 396 g/mol. The van der Waals surface area contributed by atoms with Gasteiger partial charge >= 0.3 is 0 Å². The van der Waals surface area contributed by atoms with Crippen molar-refractivity contribution in [3.05, 3.63) is 65.2 Å². The number of benzene rings is 2. The number of sulfonamides is 1. The molecule has 0 aliphatic carbocycles. The number of hydrogen-bond donors (Lipinski definition) is 1. The summed E-state index contributed by atoms with van der Waals surface area (Å²) in [4.78, 5) is 12.3. The normalized spacial score (nSPS) is 12.8. The fraction of sp³-hybridized carbons (Fsp3) is 0.316. The summed E-state index contributed by atoms with van der Waals surface area (Å²) in [6.07, 6.45) is 0. The topological polar surface area (TPSA) is 66.5 Å². The Morgan fingerprint density at radius 3 is 2.04 bits per heavy atom. The quantitative estimate of drug-likeness (QED) is 0.779. The number of rotatable bonds is 7. The zero-order valence-corrected chi connectivity index (χ0v) is 16.2. The van der Waals surface area contributed by atoms with Crippen molar-refractivity contribution in [2.45, 2.75) is 31.7 Å². The lowest BCUT2D eigenvalue weighted by atomic mass is 10.1. The highest BCUT2D eigenvalue weighted by Crippen LogP contribution is 2.20. The van der Waals surface area contributed by atoms with Crippen LogP contribution in [-0.4, -0.2) is 31.7 Å². The summed E-state index contributed by atoms with van der Waals surface area (Å²) < 4.78 is 52.8. The van der Waals surface area contributed by atoms with Gasteiger partial charge in [-0.3, -0.25) is 4.79 Å². The highest BCUT2D eigenvalue weighted by Gasteiger charge is 2.22. The third kappa shape index (κ3) is 4.90. The zero-order chi connectivity index (χ0) is 20.2. The second-order valence-corrected chi connectivity index (χ2v) is 7.95. The number of nitrogens with zero attached hydrogens (tertiary/aromatic N) is 1. The van der Waals surface area contributed by atoms with Crippen LogP contribution < -0.4 is 5.32 Å². The highest BCUT2D eigenvalue weighted by molar-refractivity contribution is 7.89. The third-order valence-electron chi connectivity index (χ3n) is 4.20. The summed E-state index contributed by atoms with van der Waals surface area (Å²) in [5.41, 5.74) is 0.541. The predicted molar refractivity (Wildman–Crippen MR) is 98.8 cm³/mol. The van der Waals surface area contributed by atoms with Crippen LogP contribution in [0.3, 0.4) is 0 Å². The van der Waals surface area contributed by atoms with Crippen molar-refractivity contribution in [2.24, 2.45) is 0 Å². The Kier molecular flexibility index (Phi) is 6.67. The summed E-state index contributed by atoms with van der Waals surface area (Å²) in [6.45, 7) is 5.97. The van der Waals surface area contributed by atoms with Crippen LogP contribution in [0.5, 0.6) is 0 Å². The van der Waals surface area contributed by atoms with E-state index < -0.39 is 33.6 Å². The molecule has 0 radical (unpaired) electrons. The van der Waals surface area contributed by atoms with E-state index in [0.717, 1.165) is 12.1 Å². The molecule has 0 unspecified atom stereocenters. The molecule has 1 N–H and O–H groups in total. The van der Waals surface area contributed by atoms with Crippen LogP contribution in [0.1, 0.15) is 42.7 Å². The van der Waals surface area contributed by atoms with Gasteiger partial charge in [-0.25, -0.2) is 17.2 Å². The minimum atomic E-state index is -3.56. The van der Waals surface area contributed by atoms with Crippen LogP contribution in [0.4, 0.5) is 8.78 Å². The van der Waals surface area contributed by atoms with Crippen LogP contribution >= 0.6 is 0 Å². The Hall–Kier alpha value is -2.32. The summed E-state index contributed by atoms with van der Waals surface area (Å²) in [6, 6.07) is 8.28. The number of amides is 1. The van der Waals surface area contributed by atoms with Crippen LogP contribution in [0, 0.1) is 11.6 Å². The maximum Gasteiger partial charge on any atom is 0.251 e. The Bertz CT molecular complexity index is 891. The van der Waals surface area contributed by atoms with E-state index in [4.69, 9.17) is 0 Å². The number of carbonyl (C=O) groups is 1. The van der Waals surface area contributed by atoms with E-state index in [1.807, 2.05) is 0 Å². The molecule has 5 nitrogen and oxygen atoms in total. The summed E-state index contributed by atoms with van der Waals surface area (Å²) >= 11 is 0. The van der Waals surface area contributed by atoms with Gasteiger partial charge in [0.2, 0.25) is 10.0 Å². The molecule has 0 spiro atoms. The van der Waals surface area contributed by atoms with E-state index in [9.17, 15) is 22.0 Å². The molecule has 0 aromatic heterocycles. The van der Waals surface area contributed by atoms with Crippen molar-refractivity contribution >= 4 is 15.9 Å². The van der Waals surface area contributed by atoms with Gasteiger partial charge < -0.3 is 5.32 Å². The van der Waals surface area contributed by atoms with Crippen molar-refractivity contribution in [3.63, 3.8) is 0 Å². The molecule has 0 heterocycles. The maximum absolute atomic E-state index is 13.2. The van der Waals surface area contributed by atoms with E-state index in [1.165, 1.54) is 16.4 Å². The smallest absolute Gasteiger partial charge is 0.251 e. The Morgan fingerprint density at radius 2 is 1.56 bits per heavy atom. The number of nitrogens with one attached hydrogen (secondary N) is 1. The summed E-state index contributed by atoms with van der Waals surface area (Å²) in [5.74, 6) is -2.29. The third-order valence-corrected chi connectivity index (χ3v) is 6.26. The second-order valence-electron chi connectivity index (χ2n) is 6.01. The molecule has 1 atom stereocenters. The lowest BCUT2D eigenvalue weighted by Crippen LogP contribution is -2.30. The van der Waals surface area contributed by atoms with Gasteiger partial charge in [0, 0.05) is 24.7 Å². The van der Waals surface area contributed by atoms with Gasteiger partial charge in [0.05, 0.1) is 10.9 Å². The fourth-order valence-corrected chi connectivity index (χ4v) is 4.15. The number of hydrogen-bond acceptors (Lipinski definition) is 3. The molecule has 2 aromatic carbocycles. The molecule has 1 amide bonds. The van der Waals surface area contributed by atoms with Gasteiger partial charge in [-0.1, -0.05) is 26.0 Å². The van der Waals surface area contributed by atoms with Crippen molar-refractivity contribution in [1.29, 1.82) is 0 Å². The number of carbonyl (C=O) groups excluding carboxylic acids is 1. The molecular formula is C19H22F2N2O3S. The van der Waals surface area contributed by atoms with Gasteiger partial charge in [-0.15, -0.1) is 0 Å². The molecule has 2 rings (SSSR count). The first kappa shape index (κ1) is 21.0. The first-order chi connectivity index (χ1) is 12.7. The van der Waals surface area contributed by atoms with Crippen LogP contribution in [0.2, 0.25) is 0 Å². The van der Waals surface area contributed by atoms with Crippen LogP contribution in [0.15, 0.2) is 47.4 Å².